The molecule has 0 unspecified atom stereocenters. The predicted molar refractivity (Wildman–Crippen MR) is 62.5 cm³/mol. The third-order valence-corrected chi connectivity index (χ3v) is 2.44. The third kappa shape index (κ3) is 2.87. The summed E-state index contributed by atoms with van der Waals surface area (Å²) >= 11 is 0. The second-order valence-electron chi connectivity index (χ2n) is 4.25. The minimum atomic E-state index is -0.162. The van der Waals surface area contributed by atoms with E-state index in [1.54, 1.807) is 26.2 Å². The molecule has 0 bridgehead atoms. The number of hydrogen-bond donors (Lipinski definition) is 0. The summed E-state index contributed by atoms with van der Waals surface area (Å²) in [6.07, 6.45) is 2.42. The molecule has 0 radical (unpaired) electrons. The first-order chi connectivity index (χ1) is 8.10. The average molecular weight is 236 g/mol. The van der Waals surface area contributed by atoms with Crippen molar-refractivity contribution in [2.75, 3.05) is 21.2 Å². The summed E-state index contributed by atoms with van der Waals surface area (Å²) < 4.78 is 10.7. The number of ether oxygens (including phenoxy) is 2. The second kappa shape index (κ2) is 4.61. The Morgan fingerprint density at radius 2 is 2.12 bits per heavy atom. The van der Waals surface area contributed by atoms with Crippen LogP contribution in [0, 0.1) is 0 Å². The predicted octanol–water partition coefficient (Wildman–Crippen LogP) is 1.33. The zero-order chi connectivity index (χ0) is 12.4. The average Bonchev–Trinajstić information content (AvgIpc) is 3.11. The lowest BCUT2D eigenvalue weighted by atomic mass is 10.3. The number of amides is 1. The minimum absolute atomic E-state index is 0.162. The molecule has 0 aliphatic heterocycles. The maximum Gasteiger partial charge on any atom is 0.272 e. The Balaban J connectivity index is 2.26. The van der Waals surface area contributed by atoms with Gasteiger partial charge >= 0.3 is 0 Å². The molecule has 1 aliphatic rings. The molecule has 1 aliphatic carbocycles. The highest BCUT2D eigenvalue weighted by atomic mass is 16.5. The van der Waals surface area contributed by atoms with Crippen molar-refractivity contribution < 1.29 is 14.3 Å². The van der Waals surface area contributed by atoms with Crippen molar-refractivity contribution in [3.05, 3.63) is 17.8 Å². The van der Waals surface area contributed by atoms with Crippen LogP contribution in [0.5, 0.6) is 11.6 Å². The van der Waals surface area contributed by atoms with Gasteiger partial charge in [-0.3, -0.25) is 4.79 Å². The second-order valence-corrected chi connectivity index (χ2v) is 4.25. The van der Waals surface area contributed by atoms with Crippen molar-refractivity contribution in [3.8, 4) is 11.6 Å². The Labute approximate surface area is 100 Å². The molecule has 1 aromatic heterocycles. The molecule has 0 spiro atoms. The van der Waals surface area contributed by atoms with E-state index >= 15 is 0 Å². The van der Waals surface area contributed by atoms with Gasteiger partial charge in [-0.2, -0.15) is 0 Å². The SMILES string of the molecule is COc1cc(OC2CC2)cc(C(=O)N(C)C)n1. The quantitative estimate of drug-likeness (QED) is 0.791. The van der Waals surface area contributed by atoms with Crippen molar-refractivity contribution in [2.45, 2.75) is 18.9 Å². The topological polar surface area (TPSA) is 51.7 Å². The summed E-state index contributed by atoms with van der Waals surface area (Å²) in [5, 5.41) is 0. The van der Waals surface area contributed by atoms with Crippen LogP contribution in [0.1, 0.15) is 23.3 Å². The maximum absolute atomic E-state index is 11.8. The van der Waals surface area contributed by atoms with Crippen LogP contribution in [0.3, 0.4) is 0 Å². The van der Waals surface area contributed by atoms with Crippen LogP contribution in [-0.4, -0.2) is 43.1 Å². The fourth-order valence-corrected chi connectivity index (χ4v) is 1.37. The first kappa shape index (κ1) is 11.7. The number of aromatic nitrogens is 1. The van der Waals surface area contributed by atoms with Crippen LogP contribution < -0.4 is 9.47 Å². The molecule has 0 N–H and O–H groups in total. The van der Waals surface area contributed by atoms with Gasteiger partial charge in [0.25, 0.3) is 5.91 Å². The molecule has 1 amide bonds. The monoisotopic (exact) mass is 236 g/mol. The first-order valence-corrected chi connectivity index (χ1v) is 5.54. The fraction of sp³-hybridized carbons (Fsp3) is 0.500. The molecule has 5 heteroatoms. The van der Waals surface area contributed by atoms with Gasteiger partial charge in [-0.1, -0.05) is 0 Å². The largest absolute Gasteiger partial charge is 0.490 e. The van der Waals surface area contributed by atoms with Gasteiger partial charge in [-0.05, 0) is 12.8 Å². The maximum atomic E-state index is 11.8. The molecule has 5 nitrogen and oxygen atoms in total. The van der Waals surface area contributed by atoms with Gasteiger partial charge in [-0.15, -0.1) is 0 Å². The molecular formula is C12H16N2O3. The molecule has 2 rings (SSSR count). The number of hydrogen-bond acceptors (Lipinski definition) is 4. The van der Waals surface area contributed by atoms with E-state index in [9.17, 15) is 4.79 Å². The van der Waals surface area contributed by atoms with Crippen molar-refractivity contribution in [1.82, 2.24) is 9.88 Å². The van der Waals surface area contributed by atoms with Crippen LogP contribution in [0.2, 0.25) is 0 Å². The lowest BCUT2D eigenvalue weighted by Gasteiger charge is -2.12. The zero-order valence-corrected chi connectivity index (χ0v) is 10.3. The van der Waals surface area contributed by atoms with Crippen molar-refractivity contribution in [2.24, 2.45) is 0 Å². The molecule has 92 valence electrons. The number of pyridine rings is 1. The Morgan fingerprint density at radius 1 is 1.41 bits per heavy atom. The Morgan fingerprint density at radius 3 is 2.65 bits per heavy atom. The fourth-order valence-electron chi connectivity index (χ4n) is 1.37. The Bertz CT molecular complexity index is 428. The summed E-state index contributed by atoms with van der Waals surface area (Å²) in [5.74, 6) is 0.877. The number of rotatable bonds is 4. The highest BCUT2D eigenvalue weighted by molar-refractivity contribution is 5.92. The summed E-state index contributed by atoms with van der Waals surface area (Å²) in [7, 11) is 4.89. The molecule has 0 saturated heterocycles. The van der Waals surface area contributed by atoms with Gasteiger partial charge in [0.05, 0.1) is 13.2 Å². The lowest BCUT2D eigenvalue weighted by molar-refractivity contribution is 0.0820. The van der Waals surface area contributed by atoms with Crippen LogP contribution in [0.15, 0.2) is 12.1 Å². The van der Waals surface area contributed by atoms with Crippen LogP contribution >= 0.6 is 0 Å². The van der Waals surface area contributed by atoms with Crippen LogP contribution in [0.4, 0.5) is 0 Å². The van der Waals surface area contributed by atoms with E-state index in [0.717, 1.165) is 12.8 Å². The van der Waals surface area contributed by atoms with Crippen molar-refractivity contribution in [3.63, 3.8) is 0 Å². The van der Waals surface area contributed by atoms with Crippen molar-refractivity contribution >= 4 is 5.91 Å². The van der Waals surface area contributed by atoms with E-state index in [-0.39, 0.29) is 12.0 Å². The summed E-state index contributed by atoms with van der Waals surface area (Å²) in [6.45, 7) is 0. The zero-order valence-electron chi connectivity index (χ0n) is 10.3. The van der Waals surface area contributed by atoms with Gasteiger partial charge in [0.1, 0.15) is 11.4 Å². The number of carbonyl (C=O) groups is 1. The standard InChI is InChI=1S/C12H16N2O3/c1-14(2)12(15)10-6-9(17-8-4-5-8)7-11(13-10)16-3/h6-8H,4-5H2,1-3H3. The molecule has 1 heterocycles. The molecular weight excluding hydrogens is 220 g/mol. The van der Waals surface area contributed by atoms with E-state index < -0.39 is 0 Å². The highest BCUT2D eigenvalue weighted by Crippen LogP contribution is 2.28. The first-order valence-electron chi connectivity index (χ1n) is 5.54. The van der Waals surface area contributed by atoms with Gasteiger partial charge in [0.15, 0.2) is 0 Å². The number of carbonyl (C=O) groups excluding carboxylic acids is 1. The van der Waals surface area contributed by atoms with Crippen LogP contribution in [0.25, 0.3) is 0 Å². The summed E-state index contributed by atoms with van der Waals surface area (Å²) in [4.78, 5) is 17.4. The van der Waals surface area contributed by atoms with E-state index in [1.165, 1.54) is 12.0 Å². The molecule has 1 saturated carbocycles. The molecule has 1 aromatic rings. The lowest BCUT2D eigenvalue weighted by Crippen LogP contribution is -2.23. The Hall–Kier alpha value is -1.78. The number of methoxy groups -OCH3 is 1. The van der Waals surface area contributed by atoms with E-state index in [4.69, 9.17) is 9.47 Å². The molecule has 17 heavy (non-hydrogen) atoms. The van der Waals surface area contributed by atoms with Gasteiger partial charge < -0.3 is 14.4 Å². The van der Waals surface area contributed by atoms with E-state index in [1.807, 2.05) is 0 Å². The smallest absolute Gasteiger partial charge is 0.272 e. The number of nitrogens with zero attached hydrogens (tertiary/aromatic N) is 2. The third-order valence-electron chi connectivity index (χ3n) is 2.44. The highest BCUT2D eigenvalue weighted by Gasteiger charge is 2.24. The normalized spacial score (nSPS) is 14.3. The van der Waals surface area contributed by atoms with Gasteiger partial charge in [-0.25, -0.2) is 4.98 Å². The minimum Gasteiger partial charge on any atom is -0.490 e. The van der Waals surface area contributed by atoms with E-state index in [2.05, 4.69) is 4.98 Å². The summed E-state index contributed by atoms with van der Waals surface area (Å²) in [6, 6.07) is 3.36. The van der Waals surface area contributed by atoms with Crippen molar-refractivity contribution in [1.29, 1.82) is 0 Å². The van der Waals surface area contributed by atoms with Crippen LogP contribution in [-0.2, 0) is 0 Å². The molecule has 0 aromatic carbocycles. The summed E-state index contributed by atoms with van der Waals surface area (Å²) in [5.41, 5.74) is 0.338. The Kier molecular flexibility index (Phi) is 3.17. The molecule has 1 fully saturated rings. The molecule has 0 atom stereocenters. The van der Waals surface area contributed by atoms with Gasteiger partial charge in [0.2, 0.25) is 5.88 Å². The van der Waals surface area contributed by atoms with E-state index in [0.29, 0.717) is 17.3 Å². The van der Waals surface area contributed by atoms with Gasteiger partial charge in [0, 0.05) is 26.2 Å².